The van der Waals surface area contributed by atoms with Gasteiger partial charge in [-0.25, -0.2) is 0 Å². The van der Waals surface area contributed by atoms with E-state index < -0.39 is 0 Å². The second-order valence-corrected chi connectivity index (χ2v) is 5.20. The summed E-state index contributed by atoms with van der Waals surface area (Å²) < 4.78 is 10.8. The van der Waals surface area contributed by atoms with Gasteiger partial charge in [0.15, 0.2) is 11.5 Å². The quantitative estimate of drug-likeness (QED) is 0.901. The van der Waals surface area contributed by atoms with Crippen molar-refractivity contribution < 1.29 is 14.3 Å². The maximum Gasteiger partial charge on any atom is 0.253 e. The van der Waals surface area contributed by atoms with E-state index in [1.165, 1.54) is 0 Å². The lowest BCUT2D eigenvalue weighted by atomic mass is 10.0. The lowest BCUT2D eigenvalue weighted by Gasteiger charge is -2.31. The van der Waals surface area contributed by atoms with Crippen LogP contribution < -0.4 is 14.8 Å². The third-order valence-electron chi connectivity index (χ3n) is 3.89. The average molecular weight is 292 g/mol. The molecule has 0 bridgehead atoms. The first-order chi connectivity index (χ1) is 10.2. The fourth-order valence-corrected chi connectivity index (χ4v) is 2.64. The van der Waals surface area contributed by atoms with Crippen LogP contribution in [0.25, 0.3) is 0 Å². The molecule has 0 atom stereocenters. The Balaban J connectivity index is 2.14. The first-order valence-corrected chi connectivity index (χ1v) is 7.46. The third kappa shape index (κ3) is 3.67. The fraction of sp³-hybridized carbons (Fsp3) is 0.562. The van der Waals surface area contributed by atoms with Gasteiger partial charge in [-0.2, -0.15) is 0 Å². The molecule has 1 aromatic carbocycles. The van der Waals surface area contributed by atoms with Crippen molar-refractivity contribution in [2.45, 2.75) is 25.8 Å². The zero-order valence-corrected chi connectivity index (χ0v) is 13.0. The van der Waals surface area contributed by atoms with Crippen molar-refractivity contribution in [2.75, 3.05) is 33.9 Å². The molecule has 5 heteroatoms. The van der Waals surface area contributed by atoms with Gasteiger partial charge in [0.25, 0.3) is 5.91 Å². The van der Waals surface area contributed by atoms with Gasteiger partial charge in [-0.05, 0) is 51.1 Å². The van der Waals surface area contributed by atoms with Crippen LogP contribution in [0, 0.1) is 0 Å². The van der Waals surface area contributed by atoms with Crippen LogP contribution in [0.1, 0.15) is 30.1 Å². The number of nitrogens with one attached hydrogen (secondary N) is 1. The van der Waals surface area contributed by atoms with Crippen LogP contribution in [0.5, 0.6) is 11.5 Å². The van der Waals surface area contributed by atoms with Crippen LogP contribution >= 0.6 is 0 Å². The lowest BCUT2D eigenvalue weighted by molar-refractivity contribution is 0.0703. The van der Waals surface area contributed by atoms with E-state index in [4.69, 9.17) is 9.47 Å². The zero-order valence-electron chi connectivity index (χ0n) is 13.0. The van der Waals surface area contributed by atoms with E-state index in [0.29, 0.717) is 29.7 Å². The van der Waals surface area contributed by atoms with E-state index >= 15 is 0 Å². The summed E-state index contributed by atoms with van der Waals surface area (Å²) in [5.74, 6) is 1.30. The van der Waals surface area contributed by atoms with Crippen LogP contribution in [-0.4, -0.2) is 50.7 Å². The highest BCUT2D eigenvalue weighted by atomic mass is 16.5. The highest BCUT2D eigenvalue weighted by Gasteiger charge is 2.23. The topological polar surface area (TPSA) is 50.8 Å². The molecule has 0 unspecified atom stereocenters. The van der Waals surface area contributed by atoms with Crippen molar-refractivity contribution in [3.63, 3.8) is 0 Å². The van der Waals surface area contributed by atoms with E-state index in [0.717, 1.165) is 25.9 Å². The SMILES string of the molecule is CCOc1ccc(C(=O)N(C)C2CCNCC2)cc1OC. The predicted molar refractivity (Wildman–Crippen MR) is 82.1 cm³/mol. The summed E-state index contributed by atoms with van der Waals surface area (Å²) >= 11 is 0. The Morgan fingerprint density at radius 1 is 1.33 bits per heavy atom. The summed E-state index contributed by atoms with van der Waals surface area (Å²) in [5, 5.41) is 3.31. The summed E-state index contributed by atoms with van der Waals surface area (Å²) in [4.78, 5) is 14.4. The molecule has 1 heterocycles. The number of amides is 1. The number of carbonyl (C=O) groups is 1. The number of piperidine rings is 1. The van der Waals surface area contributed by atoms with Crippen molar-refractivity contribution in [1.82, 2.24) is 10.2 Å². The molecule has 1 N–H and O–H groups in total. The van der Waals surface area contributed by atoms with Crippen LogP contribution in [0.2, 0.25) is 0 Å². The molecule has 1 fully saturated rings. The Hall–Kier alpha value is -1.75. The largest absolute Gasteiger partial charge is 0.493 e. The number of methoxy groups -OCH3 is 1. The van der Waals surface area contributed by atoms with Gasteiger partial charge < -0.3 is 19.7 Å². The molecule has 1 aliphatic rings. The zero-order chi connectivity index (χ0) is 15.2. The molecule has 0 spiro atoms. The van der Waals surface area contributed by atoms with Crippen LogP contribution in [0.15, 0.2) is 18.2 Å². The molecule has 1 amide bonds. The molecule has 1 saturated heterocycles. The fourth-order valence-electron chi connectivity index (χ4n) is 2.64. The van der Waals surface area contributed by atoms with Gasteiger partial charge in [-0.3, -0.25) is 4.79 Å². The minimum atomic E-state index is 0.0308. The maximum absolute atomic E-state index is 12.6. The van der Waals surface area contributed by atoms with Gasteiger partial charge in [0.2, 0.25) is 0 Å². The Kier molecular flexibility index (Phi) is 5.44. The molecule has 21 heavy (non-hydrogen) atoms. The highest BCUT2D eigenvalue weighted by Crippen LogP contribution is 2.28. The van der Waals surface area contributed by atoms with Crippen LogP contribution in [-0.2, 0) is 0 Å². The van der Waals surface area contributed by atoms with E-state index in [9.17, 15) is 4.79 Å². The minimum Gasteiger partial charge on any atom is -0.493 e. The number of hydrogen-bond acceptors (Lipinski definition) is 4. The molecule has 2 rings (SSSR count). The van der Waals surface area contributed by atoms with Gasteiger partial charge in [-0.15, -0.1) is 0 Å². The van der Waals surface area contributed by atoms with Crippen molar-refractivity contribution in [3.05, 3.63) is 23.8 Å². The summed E-state index contributed by atoms with van der Waals surface area (Å²) in [5.41, 5.74) is 0.635. The number of hydrogen-bond donors (Lipinski definition) is 1. The molecule has 0 saturated carbocycles. The van der Waals surface area contributed by atoms with E-state index in [-0.39, 0.29) is 5.91 Å². The summed E-state index contributed by atoms with van der Waals surface area (Å²) in [6, 6.07) is 5.65. The molecule has 0 aliphatic carbocycles. The Bertz CT molecular complexity index is 484. The maximum atomic E-state index is 12.6. The van der Waals surface area contributed by atoms with E-state index in [1.807, 2.05) is 18.9 Å². The number of rotatable bonds is 5. The summed E-state index contributed by atoms with van der Waals surface area (Å²) in [7, 11) is 3.46. The lowest BCUT2D eigenvalue weighted by Crippen LogP contribution is -2.43. The summed E-state index contributed by atoms with van der Waals surface area (Å²) in [6.45, 7) is 4.42. The van der Waals surface area contributed by atoms with Crippen molar-refractivity contribution in [2.24, 2.45) is 0 Å². The van der Waals surface area contributed by atoms with Crippen LogP contribution in [0.3, 0.4) is 0 Å². The smallest absolute Gasteiger partial charge is 0.253 e. The Morgan fingerprint density at radius 2 is 2.05 bits per heavy atom. The van der Waals surface area contributed by atoms with Crippen molar-refractivity contribution in [1.29, 1.82) is 0 Å². The first-order valence-electron chi connectivity index (χ1n) is 7.46. The van der Waals surface area contributed by atoms with Gasteiger partial charge in [0, 0.05) is 18.7 Å². The Morgan fingerprint density at radius 3 is 2.67 bits per heavy atom. The standard InChI is InChI=1S/C16H24N2O3/c1-4-21-14-6-5-12(11-15(14)20-3)16(19)18(2)13-7-9-17-10-8-13/h5-6,11,13,17H,4,7-10H2,1-3H3. The number of benzene rings is 1. The van der Waals surface area contributed by atoms with Gasteiger partial charge >= 0.3 is 0 Å². The molecule has 1 aliphatic heterocycles. The van der Waals surface area contributed by atoms with Crippen molar-refractivity contribution in [3.8, 4) is 11.5 Å². The number of ether oxygens (including phenoxy) is 2. The van der Waals surface area contributed by atoms with Gasteiger partial charge in [0.1, 0.15) is 0 Å². The molecule has 0 aromatic heterocycles. The number of carbonyl (C=O) groups excluding carboxylic acids is 1. The molecular weight excluding hydrogens is 268 g/mol. The third-order valence-corrected chi connectivity index (χ3v) is 3.89. The first kappa shape index (κ1) is 15.6. The van der Waals surface area contributed by atoms with Crippen LogP contribution in [0.4, 0.5) is 0 Å². The minimum absolute atomic E-state index is 0.0308. The highest BCUT2D eigenvalue weighted by molar-refractivity contribution is 5.95. The predicted octanol–water partition coefficient (Wildman–Crippen LogP) is 1.92. The summed E-state index contributed by atoms with van der Waals surface area (Å²) in [6.07, 6.45) is 1.99. The average Bonchev–Trinajstić information content (AvgIpc) is 2.55. The van der Waals surface area contributed by atoms with Gasteiger partial charge in [-0.1, -0.05) is 0 Å². The Labute approximate surface area is 126 Å². The molecule has 5 nitrogen and oxygen atoms in total. The molecule has 0 radical (unpaired) electrons. The van der Waals surface area contributed by atoms with Gasteiger partial charge in [0.05, 0.1) is 13.7 Å². The van der Waals surface area contributed by atoms with E-state index in [1.54, 1.807) is 25.3 Å². The molecule has 1 aromatic rings. The monoisotopic (exact) mass is 292 g/mol. The second-order valence-electron chi connectivity index (χ2n) is 5.20. The van der Waals surface area contributed by atoms with Crippen molar-refractivity contribution >= 4 is 5.91 Å². The van der Waals surface area contributed by atoms with E-state index in [2.05, 4.69) is 5.32 Å². The number of nitrogens with zero attached hydrogens (tertiary/aromatic N) is 1. The molecular formula is C16H24N2O3. The molecule has 116 valence electrons. The second kappa shape index (κ2) is 7.31. The normalized spacial score (nSPS) is 15.6.